The second kappa shape index (κ2) is 8.19. The Balaban J connectivity index is 1.70. The normalized spacial score (nSPS) is 29.2. The molecule has 3 rings (SSSR count). The number of imide groups is 1. The Kier molecular flexibility index (Phi) is 5.94. The van der Waals surface area contributed by atoms with Gasteiger partial charge in [0.15, 0.2) is 0 Å². The number of carbonyl (C=O) groups is 3. The second-order valence-electron chi connectivity index (χ2n) is 8.24. The molecule has 0 radical (unpaired) electrons. The number of amides is 3. The van der Waals surface area contributed by atoms with Crippen LogP contribution in [0.2, 0.25) is 0 Å². The first kappa shape index (κ1) is 18.9. The molecule has 1 fully saturated rings. The summed E-state index contributed by atoms with van der Waals surface area (Å²) in [6, 6.07) is -0.681. The van der Waals surface area contributed by atoms with Crippen molar-refractivity contribution in [3.63, 3.8) is 0 Å². The molecule has 1 aliphatic heterocycles. The van der Waals surface area contributed by atoms with E-state index in [1.165, 1.54) is 4.90 Å². The van der Waals surface area contributed by atoms with Crippen LogP contribution in [0, 0.1) is 23.7 Å². The maximum Gasteiger partial charge on any atom is 0.243 e. The van der Waals surface area contributed by atoms with Gasteiger partial charge in [-0.1, -0.05) is 38.2 Å². The first-order chi connectivity index (χ1) is 12.5. The average molecular weight is 358 g/mol. The van der Waals surface area contributed by atoms with Gasteiger partial charge in [-0.3, -0.25) is 19.3 Å². The molecule has 142 valence electrons. The summed E-state index contributed by atoms with van der Waals surface area (Å²) < 4.78 is 0. The van der Waals surface area contributed by atoms with Crippen LogP contribution in [0.3, 0.4) is 0 Å². The first-order valence-electron chi connectivity index (χ1n) is 9.93. The third-order valence-electron chi connectivity index (χ3n) is 5.79. The van der Waals surface area contributed by atoms with E-state index in [9.17, 15) is 14.4 Å². The molecule has 2 aliphatic carbocycles. The maximum atomic E-state index is 12.9. The van der Waals surface area contributed by atoms with Crippen molar-refractivity contribution in [2.45, 2.75) is 58.4 Å². The fourth-order valence-corrected chi connectivity index (χ4v) is 4.31. The smallest absolute Gasteiger partial charge is 0.243 e. The summed E-state index contributed by atoms with van der Waals surface area (Å²) in [6.45, 7) is 4.65. The van der Waals surface area contributed by atoms with E-state index in [1.54, 1.807) is 0 Å². The van der Waals surface area contributed by atoms with Crippen LogP contribution in [0.4, 0.5) is 0 Å². The van der Waals surface area contributed by atoms with E-state index in [0.29, 0.717) is 31.7 Å². The van der Waals surface area contributed by atoms with Gasteiger partial charge in [-0.15, -0.1) is 0 Å². The van der Waals surface area contributed by atoms with Crippen molar-refractivity contribution in [3.05, 3.63) is 24.3 Å². The summed E-state index contributed by atoms with van der Waals surface area (Å²) in [4.78, 5) is 39.9. The Bertz CT molecular complexity index is 597. The van der Waals surface area contributed by atoms with Crippen LogP contribution >= 0.6 is 0 Å². The highest BCUT2D eigenvalue weighted by Crippen LogP contribution is 2.37. The van der Waals surface area contributed by atoms with Crippen molar-refractivity contribution >= 4 is 17.7 Å². The number of nitrogens with zero attached hydrogens (tertiary/aromatic N) is 1. The molecule has 0 aromatic heterocycles. The molecular weight excluding hydrogens is 328 g/mol. The van der Waals surface area contributed by atoms with E-state index in [0.717, 1.165) is 19.3 Å². The van der Waals surface area contributed by atoms with E-state index in [2.05, 4.69) is 17.5 Å². The number of allylic oxidation sites excluding steroid dienone is 4. The molecule has 3 aliphatic rings. The standard InChI is InChI=1S/C21H30N2O3/c1-14(2)12-18(19(24)22-13-15-8-4-3-5-9-15)23-20(25)16-10-6-7-11-17(16)21(23)26/h3-4,6-7,14-18H,5,8-13H2,1-2H3,(H,22,24). The van der Waals surface area contributed by atoms with Gasteiger partial charge < -0.3 is 5.32 Å². The molecule has 3 amide bonds. The van der Waals surface area contributed by atoms with Crippen LogP contribution in [-0.2, 0) is 14.4 Å². The molecule has 26 heavy (non-hydrogen) atoms. The molecule has 1 heterocycles. The van der Waals surface area contributed by atoms with Crippen LogP contribution < -0.4 is 5.32 Å². The number of hydrogen-bond donors (Lipinski definition) is 1. The van der Waals surface area contributed by atoms with Crippen LogP contribution in [0.1, 0.15) is 52.4 Å². The molecule has 0 bridgehead atoms. The third-order valence-corrected chi connectivity index (χ3v) is 5.79. The predicted octanol–water partition coefficient (Wildman–Crippen LogP) is 2.82. The number of carbonyl (C=O) groups excluding carboxylic acids is 3. The Morgan fingerprint density at radius 3 is 2.23 bits per heavy atom. The van der Waals surface area contributed by atoms with Crippen LogP contribution in [0.5, 0.6) is 0 Å². The van der Waals surface area contributed by atoms with Crippen LogP contribution in [0.15, 0.2) is 24.3 Å². The summed E-state index contributed by atoms with van der Waals surface area (Å²) >= 11 is 0. The lowest BCUT2D eigenvalue weighted by molar-refractivity contribution is -0.148. The highest BCUT2D eigenvalue weighted by molar-refractivity contribution is 6.08. The van der Waals surface area contributed by atoms with Gasteiger partial charge >= 0.3 is 0 Å². The number of nitrogens with one attached hydrogen (secondary N) is 1. The summed E-state index contributed by atoms with van der Waals surface area (Å²) in [5.41, 5.74) is 0. The van der Waals surface area contributed by atoms with Gasteiger partial charge in [-0.05, 0) is 50.4 Å². The molecule has 4 unspecified atom stereocenters. The van der Waals surface area contributed by atoms with Gasteiger partial charge in [-0.2, -0.15) is 0 Å². The van der Waals surface area contributed by atoms with E-state index in [-0.39, 0.29) is 35.5 Å². The lowest BCUT2D eigenvalue weighted by Crippen LogP contribution is -2.51. The SMILES string of the molecule is CC(C)CC(C(=O)NCC1CC=CCC1)N1C(=O)C2CC=CCC2C1=O. The van der Waals surface area contributed by atoms with Crippen molar-refractivity contribution in [1.82, 2.24) is 10.2 Å². The predicted molar refractivity (Wildman–Crippen MR) is 99.9 cm³/mol. The molecule has 0 spiro atoms. The summed E-state index contributed by atoms with van der Waals surface area (Å²) in [6.07, 6.45) is 13.1. The second-order valence-corrected chi connectivity index (χ2v) is 8.24. The quantitative estimate of drug-likeness (QED) is 0.586. The van der Waals surface area contributed by atoms with Gasteiger partial charge in [0.1, 0.15) is 6.04 Å². The summed E-state index contributed by atoms with van der Waals surface area (Å²) in [5, 5.41) is 3.02. The fraction of sp³-hybridized carbons (Fsp3) is 0.667. The number of likely N-dealkylation sites (tertiary alicyclic amines) is 1. The minimum absolute atomic E-state index is 0.161. The highest BCUT2D eigenvalue weighted by Gasteiger charge is 2.51. The zero-order valence-corrected chi connectivity index (χ0v) is 15.8. The zero-order chi connectivity index (χ0) is 18.7. The van der Waals surface area contributed by atoms with Crippen molar-refractivity contribution in [2.24, 2.45) is 23.7 Å². The molecule has 0 saturated carbocycles. The number of fused-ring (bicyclic) bond motifs is 1. The summed E-state index contributed by atoms with van der Waals surface area (Å²) in [5.74, 6) is -0.389. The Labute approximate surface area is 155 Å². The minimum Gasteiger partial charge on any atom is -0.354 e. The van der Waals surface area contributed by atoms with Crippen molar-refractivity contribution in [3.8, 4) is 0 Å². The molecule has 5 nitrogen and oxygen atoms in total. The topological polar surface area (TPSA) is 66.5 Å². The molecule has 5 heteroatoms. The largest absolute Gasteiger partial charge is 0.354 e. The molecule has 1 N–H and O–H groups in total. The van der Waals surface area contributed by atoms with E-state index < -0.39 is 6.04 Å². The van der Waals surface area contributed by atoms with Crippen LogP contribution in [-0.4, -0.2) is 35.2 Å². The zero-order valence-electron chi connectivity index (χ0n) is 15.8. The van der Waals surface area contributed by atoms with Gasteiger partial charge in [0.05, 0.1) is 11.8 Å². The number of hydrogen-bond acceptors (Lipinski definition) is 3. The molecule has 4 atom stereocenters. The molecular formula is C21H30N2O3. The van der Waals surface area contributed by atoms with Gasteiger partial charge in [0, 0.05) is 6.54 Å². The van der Waals surface area contributed by atoms with Crippen molar-refractivity contribution in [1.29, 1.82) is 0 Å². The number of rotatable bonds is 6. The fourth-order valence-electron chi connectivity index (χ4n) is 4.31. The van der Waals surface area contributed by atoms with Gasteiger partial charge in [0.25, 0.3) is 0 Å². The van der Waals surface area contributed by atoms with Crippen molar-refractivity contribution < 1.29 is 14.4 Å². The first-order valence-corrected chi connectivity index (χ1v) is 9.93. The van der Waals surface area contributed by atoms with Crippen LogP contribution in [0.25, 0.3) is 0 Å². The maximum absolute atomic E-state index is 12.9. The average Bonchev–Trinajstić information content (AvgIpc) is 2.90. The monoisotopic (exact) mass is 358 g/mol. The van der Waals surface area contributed by atoms with Gasteiger partial charge in [0.2, 0.25) is 17.7 Å². The molecule has 0 aromatic rings. The van der Waals surface area contributed by atoms with Crippen molar-refractivity contribution in [2.75, 3.05) is 6.54 Å². The molecule has 0 aromatic carbocycles. The Hall–Kier alpha value is -1.91. The lowest BCUT2D eigenvalue weighted by Gasteiger charge is -2.28. The Morgan fingerprint density at radius 2 is 1.69 bits per heavy atom. The third kappa shape index (κ3) is 3.92. The Morgan fingerprint density at radius 1 is 1.08 bits per heavy atom. The van der Waals surface area contributed by atoms with E-state index in [1.807, 2.05) is 26.0 Å². The summed E-state index contributed by atoms with van der Waals surface area (Å²) in [7, 11) is 0. The highest BCUT2D eigenvalue weighted by atomic mass is 16.2. The lowest BCUT2D eigenvalue weighted by atomic mass is 9.85. The molecule has 1 saturated heterocycles. The minimum atomic E-state index is -0.681. The van der Waals surface area contributed by atoms with E-state index in [4.69, 9.17) is 0 Å². The van der Waals surface area contributed by atoms with Gasteiger partial charge in [-0.25, -0.2) is 0 Å². The van der Waals surface area contributed by atoms with E-state index >= 15 is 0 Å².